The second-order valence-corrected chi connectivity index (χ2v) is 7.02. The summed E-state index contributed by atoms with van der Waals surface area (Å²) >= 11 is 0. The van der Waals surface area contributed by atoms with E-state index >= 15 is 0 Å². The van der Waals surface area contributed by atoms with E-state index in [0.29, 0.717) is 0 Å². The number of carbonyl (C=O) groups is 1. The van der Waals surface area contributed by atoms with E-state index in [-0.39, 0.29) is 5.78 Å². The summed E-state index contributed by atoms with van der Waals surface area (Å²) in [5.41, 5.74) is 5.01. The molecule has 0 bridgehead atoms. The summed E-state index contributed by atoms with van der Waals surface area (Å²) in [7, 11) is 0. The molecule has 138 valence electrons. The standard InChI is InChI=1S/C25H26O2/c1-19(26)22-15-11-20(12-16-22)7-5-6-8-21-13-17-24(18-14-21)25(27)23-9-3-2-4-10-23/h2-4,9-19,26H,5-8H2,1H3. The van der Waals surface area contributed by atoms with Crippen LogP contribution < -0.4 is 0 Å². The first kappa shape index (κ1) is 19.1. The average Bonchev–Trinajstić information content (AvgIpc) is 2.72. The van der Waals surface area contributed by atoms with E-state index in [1.54, 1.807) is 6.92 Å². The number of benzene rings is 3. The molecule has 3 rings (SSSR count). The third-order valence-corrected chi connectivity index (χ3v) is 4.90. The molecular formula is C25H26O2. The zero-order valence-corrected chi connectivity index (χ0v) is 15.8. The maximum Gasteiger partial charge on any atom is 0.193 e. The lowest BCUT2D eigenvalue weighted by Crippen LogP contribution is -2.01. The van der Waals surface area contributed by atoms with Gasteiger partial charge in [-0.25, -0.2) is 0 Å². The van der Waals surface area contributed by atoms with Crippen LogP contribution in [0.2, 0.25) is 0 Å². The molecule has 0 saturated carbocycles. The number of aliphatic hydroxyl groups excluding tert-OH is 1. The molecule has 0 aromatic heterocycles. The average molecular weight is 358 g/mol. The molecule has 0 saturated heterocycles. The highest BCUT2D eigenvalue weighted by molar-refractivity contribution is 6.08. The first-order valence-electron chi connectivity index (χ1n) is 9.59. The molecule has 0 fully saturated rings. The van der Waals surface area contributed by atoms with Crippen molar-refractivity contribution in [2.45, 2.75) is 38.7 Å². The molecule has 3 aromatic carbocycles. The van der Waals surface area contributed by atoms with E-state index in [1.165, 1.54) is 11.1 Å². The lowest BCUT2D eigenvalue weighted by molar-refractivity contribution is 0.103. The van der Waals surface area contributed by atoms with Crippen molar-refractivity contribution in [3.05, 3.63) is 107 Å². The molecule has 2 nitrogen and oxygen atoms in total. The topological polar surface area (TPSA) is 37.3 Å². The third kappa shape index (κ3) is 5.38. The van der Waals surface area contributed by atoms with Gasteiger partial charge in [0.15, 0.2) is 5.78 Å². The molecule has 1 unspecified atom stereocenters. The predicted octanol–water partition coefficient (Wildman–Crippen LogP) is 5.54. The molecular weight excluding hydrogens is 332 g/mol. The summed E-state index contributed by atoms with van der Waals surface area (Å²) in [4.78, 5) is 12.4. The van der Waals surface area contributed by atoms with Gasteiger partial charge in [-0.2, -0.15) is 0 Å². The van der Waals surface area contributed by atoms with Crippen LogP contribution in [0.5, 0.6) is 0 Å². The van der Waals surface area contributed by atoms with Gasteiger partial charge in [0, 0.05) is 11.1 Å². The summed E-state index contributed by atoms with van der Waals surface area (Å²) in [5.74, 6) is 0.0720. The summed E-state index contributed by atoms with van der Waals surface area (Å²) in [6, 6.07) is 25.6. The lowest BCUT2D eigenvalue weighted by atomic mass is 9.99. The Kier molecular flexibility index (Phi) is 6.56. The number of hydrogen-bond acceptors (Lipinski definition) is 2. The molecule has 27 heavy (non-hydrogen) atoms. The Balaban J connectivity index is 1.47. The van der Waals surface area contributed by atoms with Crippen LogP contribution in [0.25, 0.3) is 0 Å². The lowest BCUT2D eigenvalue weighted by Gasteiger charge is -2.07. The van der Waals surface area contributed by atoms with Gasteiger partial charge >= 0.3 is 0 Å². The van der Waals surface area contributed by atoms with Crippen LogP contribution >= 0.6 is 0 Å². The smallest absolute Gasteiger partial charge is 0.193 e. The number of rotatable bonds is 8. The normalized spacial score (nSPS) is 11.9. The number of hydrogen-bond donors (Lipinski definition) is 1. The van der Waals surface area contributed by atoms with Crippen molar-refractivity contribution < 1.29 is 9.90 Å². The number of ketones is 1. The quantitative estimate of drug-likeness (QED) is 0.424. The Bertz CT molecular complexity index is 847. The Morgan fingerprint density at radius 1 is 0.741 bits per heavy atom. The van der Waals surface area contributed by atoms with Gasteiger partial charge in [-0.15, -0.1) is 0 Å². The third-order valence-electron chi connectivity index (χ3n) is 4.90. The minimum Gasteiger partial charge on any atom is -0.389 e. The fourth-order valence-corrected chi connectivity index (χ4v) is 3.20. The molecule has 0 aliphatic rings. The van der Waals surface area contributed by atoms with Crippen LogP contribution in [0, 0.1) is 0 Å². The number of aryl methyl sites for hydroxylation is 2. The van der Waals surface area contributed by atoms with E-state index in [9.17, 15) is 9.90 Å². The van der Waals surface area contributed by atoms with Crippen molar-refractivity contribution in [2.75, 3.05) is 0 Å². The zero-order valence-electron chi connectivity index (χ0n) is 15.8. The van der Waals surface area contributed by atoms with Crippen LogP contribution in [0.4, 0.5) is 0 Å². The summed E-state index contributed by atoms with van der Waals surface area (Å²) in [6.45, 7) is 1.79. The van der Waals surface area contributed by atoms with E-state index in [2.05, 4.69) is 24.3 Å². The zero-order chi connectivity index (χ0) is 19.1. The monoisotopic (exact) mass is 358 g/mol. The first-order valence-corrected chi connectivity index (χ1v) is 9.59. The molecule has 0 heterocycles. The molecule has 2 heteroatoms. The Morgan fingerprint density at radius 2 is 1.22 bits per heavy atom. The number of aliphatic hydroxyl groups is 1. The Labute approximate surface area is 161 Å². The van der Waals surface area contributed by atoms with E-state index < -0.39 is 6.10 Å². The van der Waals surface area contributed by atoms with E-state index in [1.807, 2.05) is 54.6 Å². The molecule has 0 amide bonds. The van der Waals surface area contributed by atoms with Gasteiger partial charge in [0.2, 0.25) is 0 Å². The highest BCUT2D eigenvalue weighted by atomic mass is 16.3. The highest BCUT2D eigenvalue weighted by Gasteiger charge is 2.08. The second-order valence-electron chi connectivity index (χ2n) is 7.02. The van der Waals surface area contributed by atoms with Gasteiger partial charge in [-0.05, 0) is 49.3 Å². The van der Waals surface area contributed by atoms with Crippen LogP contribution in [0.1, 0.15) is 58.5 Å². The Hall–Kier alpha value is -2.71. The fraction of sp³-hybridized carbons (Fsp3) is 0.240. The molecule has 1 N–H and O–H groups in total. The van der Waals surface area contributed by atoms with E-state index in [0.717, 1.165) is 42.4 Å². The maximum atomic E-state index is 12.4. The van der Waals surface area contributed by atoms with Crippen LogP contribution in [-0.2, 0) is 12.8 Å². The predicted molar refractivity (Wildman–Crippen MR) is 110 cm³/mol. The van der Waals surface area contributed by atoms with Crippen LogP contribution in [0.15, 0.2) is 78.9 Å². The molecule has 3 aromatic rings. The molecule has 0 radical (unpaired) electrons. The van der Waals surface area contributed by atoms with Crippen molar-refractivity contribution in [3.63, 3.8) is 0 Å². The first-order chi connectivity index (χ1) is 13.1. The summed E-state index contributed by atoms with van der Waals surface area (Å²) in [5, 5.41) is 9.55. The van der Waals surface area contributed by atoms with Crippen molar-refractivity contribution in [3.8, 4) is 0 Å². The SMILES string of the molecule is CC(O)c1ccc(CCCCc2ccc(C(=O)c3ccccc3)cc2)cc1. The molecule has 0 spiro atoms. The van der Waals surface area contributed by atoms with Crippen molar-refractivity contribution in [1.82, 2.24) is 0 Å². The molecule has 1 atom stereocenters. The maximum absolute atomic E-state index is 12.4. The molecule has 0 aliphatic carbocycles. The van der Waals surface area contributed by atoms with E-state index in [4.69, 9.17) is 0 Å². The highest BCUT2D eigenvalue weighted by Crippen LogP contribution is 2.16. The minimum atomic E-state index is -0.407. The van der Waals surface area contributed by atoms with Crippen LogP contribution in [0.3, 0.4) is 0 Å². The molecule has 0 aliphatic heterocycles. The number of unbranched alkanes of at least 4 members (excludes halogenated alkanes) is 1. The summed E-state index contributed by atoms with van der Waals surface area (Å²) < 4.78 is 0. The van der Waals surface area contributed by atoms with Gasteiger partial charge in [0.05, 0.1) is 6.10 Å². The summed E-state index contributed by atoms with van der Waals surface area (Å²) in [6.07, 6.45) is 3.90. The van der Waals surface area contributed by atoms with Crippen molar-refractivity contribution >= 4 is 5.78 Å². The Morgan fingerprint density at radius 3 is 1.74 bits per heavy atom. The van der Waals surface area contributed by atoms with Gasteiger partial charge < -0.3 is 5.11 Å². The van der Waals surface area contributed by atoms with Crippen molar-refractivity contribution in [2.24, 2.45) is 0 Å². The van der Waals surface area contributed by atoms with Gasteiger partial charge in [-0.1, -0.05) is 78.9 Å². The van der Waals surface area contributed by atoms with Gasteiger partial charge in [0.25, 0.3) is 0 Å². The second kappa shape index (κ2) is 9.29. The van der Waals surface area contributed by atoms with Gasteiger partial charge in [0.1, 0.15) is 0 Å². The largest absolute Gasteiger partial charge is 0.389 e. The fourth-order valence-electron chi connectivity index (χ4n) is 3.20. The van der Waals surface area contributed by atoms with Gasteiger partial charge in [-0.3, -0.25) is 4.79 Å². The number of carbonyl (C=O) groups excluding carboxylic acids is 1. The van der Waals surface area contributed by atoms with Crippen LogP contribution in [-0.4, -0.2) is 10.9 Å². The minimum absolute atomic E-state index is 0.0720. The van der Waals surface area contributed by atoms with Crippen molar-refractivity contribution in [1.29, 1.82) is 0 Å².